The molecule has 4 N–H and O–H groups in total. The van der Waals surface area contributed by atoms with E-state index < -0.39 is 5.91 Å². The highest BCUT2D eigenvalue weighted by atomic mass is 19.1. The number of primary amides is 1. The van der Waals surface area contributed by atoms with E-state index in [-0.39, 0.29) is 11.8 Å². The number of halogens is 1. The minimum absolute atomic E-state index is 0.153. The fourth-order valence-corrected chi connectivity index (χ4v) is 4.19. The Kier molecular flexibility index (Phi) is 6.01. The number of benzene rings is 2. The maximum atomic E-state index is 13.1. The van der Waals surface area contributed by atoms with E-state index in [1.54, 1.807) is 35.2 Å². The predicted molar refractivity (Wildman–Crippen MR) is 130 cm³/mol. The number of aromatic nitrogens is 3. The quantitative estimate of drug-likeness (QED) is 0.412. The molecule has 0 radical (unpaired) electrons. The number of piperazine rings is 1. The number of nitrogens with zero attached hydrogens (tertiary/aromatic N) is 4. The summed E-state index contributed by atoms with van der Waals surface area (Å²) in [6, 6.07) is 15.0. The first-order chi connectivity index (χ1) is 17.0. The van der Waals surface area contributed by atoms with Crippen LogP contribution in [0.3, 0.4) is 0 Å². The molecule has 0 saturated carbocycles. The minimum Gasteiger partial charge on any atom is -0.366 e. The van der Waals surface area contributed by atoms with Gasteiger partial charge in [-0.2, -0.15) is 0 Å². The second-order valence-electron chi connectivity index (χ2n) is 8.35. The number of aromatic amines is 1. The van der Waals surface area contributed by atoms with Crippen LogP contribution in [0.5, 0.6) is 0 Å². The zero-order valence-corrected chi connectivity index (χ0v) is 18.9. The average Bonchev–Trinajstić information content (AvgIpc) is 3.33. The molecule has 0 atom stereocenters. The first kappa shape index (κ1) is 22.3. The number of urea groups is 1. The number of anilines is 1. The highest BCUT2D eigenvalue weighted by Crippen LogP contribution is 2.29. The molecule has 1 fully saturated rings. The largest absolute Gasteiger partial charge is 0.366 e. The molecule has 0 unspecified atom stereocenters. The third-order valence-electron chi connectivity index (χ3n) is 6.09. The number of carbonyl (C=O) groups excluding carboxylic acids is 2. The molecule has 1 saturated heterocycles. The van der Waals surface area contributed by atoms with Gasteiger partial charge in [0, 0.05) is 44.0 Å². The molecule has 2 aromatic carbocycles. The van der Waals surface area contributed by atoms with Gasteiger partial charge in [-0.15, -0.1) is 0 Å². The summed E-state index contributed by atoms with van der Waals surface area (Å²) >= 11 is 0. The summed E-state index contributed by atoms with van der Waals surface area (Å²) in [4.78, 5) is 40.2. The number of hydrogen-bond donors (Lipinski definition) is 3. The number of hydrogen-bond acceptors (Lipinski definition) is 5. The van der Waals surface area contributed by atoms with Crippen LogP contribution in [-0.4, -0.2) is 58.0 Å². The fraction of sp³-hybridized carbons (Fsp3) is 0.200. The second-order valence-corrected chi connectivity index (χ2v) is 8.35. The van der Waals surface area contributed by atoms with Gasteiger partial charge in [-0.1, -0.05) is 24.3 Å². The number of amides is 3. The Morgan fingerprint density at radius 1 is 1.03 bits per heavy atom. The molecule has 0 bridgehead atoms. The van der Waals surface area contributed by atoms with E-state index in [2.05, 4.69) is 25.2 Å². The van der Waals surface area contributed by atoms with Gasteiger partial charge in [-0.05, 0) is 41.5 Å². The highest BCUT2D eigenvalue weighted by Gasteiger charge is 2.24. The Morgan fingerprint density at radius 2 is 1.80 bits per heavy atom. The van der Waals surface area contributed by atoms with Gasteiger partial charge in [0.05, 0.1) is 5.39 Å². The summed E-state index contributed by atoms with van der Waals surface area (Å²) in [6.07, 6.45) is 1.51. The summed E-state index contributed by atoms with van der Waals surface area (Å²) < 4.78 is 13.1. The van der Waals surface area contributed by atoms with E-state index >= 15 is 0 Å². The van der Waals surface area contributed by atoms with Gasteiger partial charge in [0.1, 0.15) is 23.6 Å². The molecule has 9 nitrogen and oxygen atoms in total. The highest BCUT2D eigenvalue weighted by molar-refractivity contribution is 5.95. The minimum atomic E-state index is -0.483. The monoisotopic (exact) mass is 473 g/mol. The molecule has 2 aromatic heterocycles. The molecule has 4 aromatic rings. The SMILES string of the molecule is NC(=O)c1cccc(-c2cc3c(N4CCN(C(=O)NCc5ccc(F)cc5)CC4)ncnc3[nH]2)c1. The maximum absolute atomic E-state index is 13.1. The normalized spacial score (nSPS) is 13.7. The molecule has 3 heterocycles. The smallest absolute Gasteiger partial charge is 0.317 e. The molecule has 0 aliphatic carbocycles. The molecular formula is C25H24FN7O2. The predicted octanol–water partition coefficient (Wildman–Crippen LogP) is 2.89. The Bertz CT molecular complexity index is 1380. The summed E-state index contributed by atoms with van der Waals surface area (Å²) in [6.45, 7) is 2.66. The van der Waals surface area contributed by atoms with E-state index in [9.17, 15) is 14.0 Å². The summed E-state index contributed by atoms with van der Waals surface area (Å²) in [7, 11) is 0. The first-order valence-corrected chi connectivity index (χ1v) is 11.2. The van der Waals surface area contributed by atoms with Gasteiger partial charge in [0.2, 0.25) is 5.91 Å². The third-order valence-corrected chi connectivity index (χ3v) is 6.09. The molecule has 3 amide bonds. The van der Waals surface area contributed by atoms with Crippen molar-refractivity contribution in [3.05, 3.63) is 77.9 Å². The van der Waals surface area contributed by atoms with E-state index in [0.717, 1.165) is 28.0 Å². The number of carbonyl (C=O) groups is 2. The van der Waals surface area contributed by atoms with Gasteiger partial charge >= 0.3 is 6.03 Å². The van der Waals surface area contributed by atoms with Gasteiger partial charge in [0.25, 0.3) is 0 Å². The van der Waals surface area contributed by atoms with Crippen LogP contribution in [0, 0.1) is 5.82 Å². The number of nitrogens with two attached hydrogens (primary N) is 1. The molecular weight excluding hydrogens is 449 g/mol. The van der Waals surface area contributed by atoms with Crippen molar-refractivity contribution in [1.29, 1.82) is 0 Å². The Morgan fingerprint density at radius 3 is 2.54 bits per heavy atom. The van der Waals surface area contributed by atoms with Crippen LogP contribution in [0.25, 0.3) is 22.3 Å². The van der Waals surface area contributed by atoms with Crippen molar-refractivity contribution in [3.8, 4) is 11.3 Å². The number of H-pyrrole nitrogens is 1. The van der Waals surface area contributed by atoms with E-state index in [1.165, 1.54) is 18.5 Å². The molecule has 1 aliphatic heterocycles. The first-order valence-electron chi connectivity index (χ1n) is 11.2. The lowest BCUT2D eigenvalue weighted by atomic mass is 10.1. The maximum Gasteiger partial charge on any atom is 0.317 e. The van der Waals surface area contributed by atoms with Crippen molar-refractivity contribution in [2.45, 2.75) is 6.54 Å². The van der Waals surface area contributed by atoms with E-state index in [4.69, 9.17) is 5.73 Å². The van der Waals surface area contributed by atoms with Crippen LogP contribution in [-0.2, 0) is 6.54 Å². The number of nitrogens with one attached hydrogen (secondary N) is 2. The Balaban J connectivity index is 1.27. The van der Waals surface area contributed by atoms with Crippen LogP contribution in [0.2, 0.25) is 0 Å². The van der Waals surface area contributed by atoms with Crippen molar-refractivity contribution in [2.24, 2.45) is 5.73 Å². The fourth-order valence-electron chi connectivity index (χ4n) is 4.19. The summed E-state index contributed by atoms with van der Waals surface area (Å²) in [5, 5.41) is 3.75. The van der Waals surface area contributed by atoms with E-state index in [0.29, 0.717) is 43.9 Å². The Hall–Kier alpha value is -4.47. The molecule has 0 spiro atoms. The lowest BCUT2D eigenvalue weighted by Crippen LogP contribution is -2.52. The summed E-state index contributed by atoms with van der Waals surface area (Å²) in [5.74, 6) is 0.00157. The summed E-state index contributed by atoms with van der Waals surface area (Å²) in [5.41, 5.74) is 9.02. The molecule has 5 rings (SSSR count). The van der Waals surface area contributed by atoms with Gasteiger partial charge in [-0.3, -0.25) is 4.79 Å². The van der Waals surface area contributed by atoms with Crippen LogP contribution in [0.15, 0.2) is 60.9 Å². The van der Waals surface area contributed by atoms with Crippen molar-refractivity contribution in [3.63, 3.8) is 0 Å². The van der Waals surface area contributed by atoms with Gasteiger partial charge in [0.15, 0.2) is 0 Å². The van der Waals surface area contributed by atoms with Crippen LogP contribution >= 0.6 is 0 Å². The van der Waals surface area contributed by atoms with Crippen LogP contribution < -0.4 is 16.0 Å². The second kappa shape index (κ2) is 9.41. The van der Waals surface area contributed by atoms with Crippen LogP contribution in [0.4, 0.5) is 15.0 Å². The van der Waals surface area contributed by atoms with Gasteiger partial charge in [-0.25, -0.2) is 19.2 Å². The van der Waals surface area contributed by atoms with Crippen molar-refractivity contribution in [1.82, 2.24) is 25.2 Å². The standard InChI is InChI=1S/C25H24FN7O2/c26-19-6-4-16(5-7-19)14-28-25(35)33-10-8-32(9-11-33)24-20-13-21(31-23(20)29-15-30-24)17-2-1-3-18(12-17)22(27)34/h1-7,12-13,15H,8-11,14H2,(H2,27,34)(H,28,35)(H,29,30,31). The number of fused-ring (bicyclic) bond motifs is 1. The molecule has 178 valence electrons. The Labute approximate surface area is 200 Å². The zero-order valence-electron chi connectivity index (χ0n) is 18.9. The zero-order chi connectivity index (χ0) is 24.4. The van der Waals surface area contributed by atoms with Crippen molar-refractivity contribution in [2.75, 3.05) is 31.1 Å². The van der Waals surface area contributed by atoms with Crippen LogP contribution in [0.1, 0.15) is 15.9 Å². The van der Waals surface area contributed by atoms with Gasteiger partial charge < -0.3 is 25.8 Å². The lowest BCUT2D eigenvalue weighted by Gasteiger charge is -2.35. The third kappa shape index (κ3) is 4.77. The lowest BCUT2D eigenvalue weighted by molar-refractivity contribution is 0.1000. The number of rotatable bonds is 5. The molecule has 10 heteroatoms. The molecule has 35 heavy (non-hydrogen) atoms. The van der Waals surface area contributed by atoms with E-state index in [1.807, 2.05) is 12.1 Å². The van der Waals surface area contributed by atoms with Crippen molar-refractivity contribution >= 4 is 28.8 Å². The molecule has 1 aliphatic rings. The topological polar surface area (TPSA) is 120 Å². The average molecular weight is 474 g/mol. The van der Waals surface area contributed by atoms with Crippen molar-refractivity contribution < 1.29 is 14.0 Å².